The zero-order chi connectivity index (χ0) is 22.6. The number of hydrogen-bond acceptors (Lipinski definition) is 4. The number of fused-ring (bicyclic) bond motifs is 1. The maximum Gasteiger partial charge on any atom is 0.357 e. The Labute approximate surface area is 191 Å². The van der Waals surface area contributed by atoms with Gasteiger partial charge < -0.3 is 14.7 Å². The van der Waals surface area contributed by atoms with Crippen LogP contribution in [0.2, 0.25) is 0 Å². The molecule has 2 saturated heterocycles. The lowest BCUT2D eigenvalue weighted by molar-refractivity contribution is -0.142. The standard InChI is InChI=1S/C26H27N3O4/c30-24(22-2-1-13-33-22)29-11-9-26(10-12-29)15-20(26)17-5-3-16(4-6-17)18-7-8-19-21(14-18)27-28-23(19)25(31)32/h3-8,14,20,22H,1-2,9-13,15H2,(H,27,28)(H,31,32)/t20-,22?/m0/s1. The fourth-order valence-electron chi connectivity index (χ4n) is 5.79. The predicted molar refractivity (Wildman–Crippen MR) is 123 cm³/mol. The van der Waals surface area contributed by atoms with E-state index in [0.29, 0.717) is 23.3 Å². The SMILES string of the molecule is O=C(O)c1n[nH]c2cc(-c3ccc([C@@H]4CC45CCN(C(=O)C4CCCO4)CC5)cc3)ccc12. The van der Waals surface area contributed by atoms with E-state index < -0.39 is 5.97 Å². The summed E-state index contributed by atoms with van der Waals surface area (Å²) in [5.74, 6) is -0.271. The van der Waals surface area contributed by atoms with Gasteiger partial charge in [-0.25, -0.2) is 4.79 Å². The van der Waals surface area contributed by atoms with Crippen molar-refractivity contribution in [3.8, 4) is 11.1 Å². The van der Waals surface area contributed by atoms with Crippen LogP contribution in [0, 0.1) is 5.41 Å². The molecule has 3 aromatic rings. The van der Waals surface area contributed by atoms with Crippen molar-refractivity contribution in [1.29, 1.82) is 0 Å². The van der Waals surface area contributed by atoms with Gasteiger partial charge in [-0.3, -0.25) is 9.89 Å². The Hall–Kier alpha value is -3.19. The van der Waals surface area contributed by atoms with E-state index in [1.807, 2.05) is 23.1 Å². The average molecular weight is 446 g/mol. The third-order valence-electron chi connectivity index (χ3n) is 7.88. The second kappa shape index (κ2) is 7.70. The minimum atomic E-state index is -1.03. The summed E-state index contributed by atoms with van der Waals surface area (Å²) in [5.41, 5.74) is 4.61. The van der Waals surface area contributed by atoms with Crippen LogP contribution in [0.3, 0.4) is 0 Å². The molecule has 1 amide bonds. The summed E-state index contributed by atoms with van der Waals surface area (Å²) in [6.07, 6.45) is 4.99. The van der Waals surface area contributed by atoms with E-state index in [1.165, 1.54) is 12.0 Å². The number of nitrogens with zero attached hydrogens (tertiary/aromatic N) is 2. The van der Waals surface area contributed by atoms with Crippen molar-refractivity contribution >= 4 is 22.8 Å². The number of carboxylic acids is 1. The minimum absolute atomic E-state index is 0.0504. The highest BCUT2D eigenvalue weighted by molar-refractivity contribution is 6.01. The summed E-state index contributed by atoms with van der Waals surface area (Å²) >= 11 is 0. The van der Waals surface area contributed by atoms with Crippen molar-refractivity contribution in [1.82, 2.24) is 15.1 Å². The third kappa shape index (κ3) is 3.51. The number of nitrogens with one attached hydrogen (secondary N) is 1. The predicted octanol–water partition coefficient (Wildman–Crippen LogP) is 4.20. The number of carbonyl (C=O) groups is 2. The summed E-state index contributed by atoms with van der Waals surface area (Å²) in [7, 11) is 0. The molecule has 2 aromatic carbocycles. The first-order chi connectivity index (χ1) is 16.0. The molecule has 1 aliphatic carbocycles. The van der Waals surface area contributed by atoms with E-state index in [2.05, 4.69) is 34.5 Å². The van der Waals surface area contributed by atoms with E-state index in [4.69, 9.17) is 4.74 Å². The van der Waals surface area contributed by atoms with E-state index in [-0.39, 0.29) is 17.7 Å². The molecule has 6 rings (SSSR count). The first-order valence-corrected chi connectivity index (χ1v) is 11.8. The molecule has 170 valence electrons. The third-order valence-corrected chi connectivity index (χ3v) is 7.88. The summed E-state index contributed by atoms with van der Waals surface area (Å²) in [5, 5.41) is 16.6. The molecule has 7 nitrogen and oxygen atoms in total. The van der Waals surface area contributed by atoms with Crippen LogP contribution in [-0.4, -0.2) is 57.9 Å². The highest BCUT2D eigenvalue weighted by atomic mass is 16.5. The normalized spacial score (nSPS) is 23.8. The largest absolute Gasteiger partial charge is 0.476 e. The topological polar surface area (TPSA) is 95.5 Å². The number of H-pyrrole nitrogens is 1. The number of ether oxygens (including phenoxy) is 1. The van der Waals surface area contributed by atoms with E-state index in [1.54, 1.807) is 0 Å². The number of aromatic nitrogens is 2. The summed E-state index contributed by atoms with van der Waals surface area (Å²) in [4.78, 5) is 25.9. The Bertz CT molecular complexity index is 1220. The maximum atomic E-state index is 12.6. The van der Waals surface area contributed by atoms with Gasteiger partial charge in [0.2, 0.25) is 0 Å². The van der Waals surface area contributed by atoms with E-state index >= 15 is 0 Å². The Morgan fingerprint density at radius 3 is 2.55 bits per heavy atom. The van der Waals surface area contributed by atoms with Gasteiger partial charge in [-0.05, 0) is 72.3 Å². The van der Waals surface area contributed by atoms with Crippen LogP contribution in [-0.2, 0) is 9.53 Å². The molecule has 33 heavy (non-hydrogen) atoms. The van der Waals surface area contributed by atoms with Crippen molar-refractivity contribution in [3.05, 3.63) is 53.7 Å². The summed E-state index contributed by atoms with van der Waals surface area (Å²) in [6.45, 7) is 2.40. The quantitative estimate of drug-likeness (QED) is 0.627. The second-order valence-corrected chi connectivity index (χ2v) is 9.71. The molecule has 0 radical (unpaired) electrons. The smallest absolute Gasteiger partial charge is 0.357 e. The molecule has 2 aliphatic heterocycles. The molecular weight excluding hydrogens is 418 g/mol. The van der Waals surface area contributed by atoms with Gasteiger partial charge in [0.15, 0.2) is 5.69 Å². The van der Waals surface area contributed by atoms with Crippen molar-refractivity contribution in [3.63, 3.8) is 0 Å². The average Bonchev–Trinajstić information content (AvgIpc) is 3.21. The number of rotatable bonds is 4. The van der Waals surface area contributed by atoms with Gasteiger partial charge in [0.1, 0.15) is 6.10 Å². The van der Waals surface area contributed by atoms with Gasteiger partial charge in [0.05, 0.1) is 5.52 Å². The number of piperidine rings is 1. The molecule has 1 saturated carbocycles. The zero-order valence-corrected chi connectivity index (χ0v) is 18.4. The lowest BCUT2D eigenvalue weighted by Crippen LogP contribution is -2.44. The van der Waals surface area contributed by atoms with Crippen LogP contribution < -0.4 is 0 Å². The first kappa shape index (κ1) is 20.4. The Morgan fingerprint density at radius 1 is 1.09 bits per heavy atom. The number of amides is 1. The van der Waals surface area contributed by atoms with Crippen LogP contribution >= 0.6 is 0 Å². The Balaban J connectivity index is 1.12. The van der Waals surface area contributed by atoms with Crippen molar-refractivity contribution < 1.29 is 19.4 Å². The number of carboxylic acid groups (broad SMARTS) is 1. The second-order valence-electron chi connectivity index (χ2n) is 9.71. The highest BCUT2D eigenvalue weighted by Gasteiger charge is 2.55. The highest BCUT2D eigenvalue weighted by Crippen LogP contribution is 2.65. The Kier molecular flexibility index (Phi) is 4.76. The van der Waals surface area contributed by atoms with Crippen LogP contribution in [0.5, 0.6) is 0 Å². The molecule has 3 heterocycles. The fourth-order valence-corrected chi connectivity index (χ4v) is 5.79. The lowest BCUT2D eigenvalue weighted by Gasteiger charge is -2.34. The molecule has 3 fully saturated rings. The van der Waals surface area contributed by atoms with Crippen LogP contribution in [0.1, 0.15) is 54.1 Å². The van der Waals surface area contributed by atoms with Crippen molar-refractivity contribution in [2.45, 2.75) is 44.1 Å². The van der Waals surface area contributed by atoms with Crippen LogP contribution in [0.4, 0.5) is 0 Å². The van der Waals surface area contributed by atoms with Gasteiger partial charge in [-0.15, -0.1) is 0 Å². The number of carbonyl (C=O) groups excluding carboxylic acids is 1. The minimum Gasteiger partial charge on any atom is -0.476 e. The van der Waals surface area contributed by atoms with Crippen molar-refractivity contribution in [2.75, 3.05) is 19.7 Å². The summed E-state index contributed by atoms with van der Waals surface area (Å²) < 4.78 is 5.59. The molecule has 2 atom stereocenters. The number of hydrogen-bond donors (Lipinski definition) is 2. The van der Waals surface area contributed by atoms with Crippen molar-refractivity contribution in [2.24, 2.45) is 5.41 Å². The van der Waals surface area contributed by atoms with Gasteiger partial charge >= 0.3 is 5.97 Å². The van der Waals surface area contributed by atoms with E-state index in [0.717, 1.165) is 55.4 Å². The zero-order valence-electron chi connectivity index (χ0n) is 18.4. The Morgan fingerprint density at radius 2 is 1.85 bits per heavy atom. The van der Waals surface area contributed by atoms with Crippen LogP contribution in [0.25, 0.3) is 22.0 Å². The molecule has 1 aromatic heterocycles. The number of aromatic amines is 1. The first-order valence-electron chi connectivity index (χ1n) is 11.8. The molecule has 3 aliphatic rings. The number of aromatic carboxylic acids is 1. The van der Waals surface area contributed by atoms with Gasteiger partial charge in [0, 0.05) is 25.1 Å². The number of likely N-dealkylation sites (tertiary alicyclic amines) is 1. The molecular formula is C26H27N3O4. The van der Waals surface area contributed by atoms with Crippen LogP contribution in [0.15, 0.2) is 42.5 Å². The fraction of sp³-hybridized carbons (Fsp3) is 0.423. The number of benzene rings is 2. The van der Waals surface area contributed by atoms with Gasteiger partial charge in [-0.2, -0.15) is 5.10 Å². The maximum absolute atomic E-state index is 12.6. The molecule has 1 unspecified atom stereocenters. The molecule has 1 spiro atoms. The summed E-state index contributed by atoms with van der Waals surface area (Å²) in [6, 6.07) is 14.4. The van der Waals surface area contributed by atoms with Gasteiger partial charge in [-0.1, -0.05) is 30.3 Å². The molecule has 7 heteroatoms. The van der Waals surface area contributed by atoms with E-state index in [9.17, 15) is 14.7 Å². The lowest BCUT2D eigenvalue weighted by atomic mass is 9.88. The molecule has 2 N–H and O–H groups in total. The monoisotopic (exact) mass is 445 g/mol. The van der Waals surface area contributed by atoms with Gasteiger partial charge in [0.25, 0.3) is 5.91 Å². The molecule has 0 bridgehead atoms.